The first-order chi connectivity index (χ1) is 9.02. The van der Waals surface area contributed by atoms with Crippen LogP contribution in [-0.2, 0) is 0 Å². The molecule has 4 heteroatoms. The predicted molar refractivity (Wildman–Crippen MR) is 83.0 cm³/mol. The lowest BCUT2D eigenvalue weighted by molar-refractivity contribution is 0.103. The van der Waals surface area contributed by atoms with E-state index in [1.165, 1.54) is 0 Å². The molecule has 2 nitrogen and oxygen atoms in total. The largest absolute Gasteiger partial charge is 0.497 e. The van der Waals surface area contributed by atoms with Gasteiger partial charge in [-0.25, -0.2) is 0 Å². The number of carbonyl (C=O) groups is 1. The number of ketones is 1. The summed E-state index contributed by atoms with van der Waals surface area (Å²) in [5, 5.41) is 0. The van der Waals surface area contributed by atoms with Gasteiger partial charge in [0.1, 0.15) is 5.75 Å². The first-order valence-electron chi connectivity index (χ1n) is 5.67. The molecule has 0 amide bonds. The van der Waals surface area contributed by atoms with Gasteiger partial charge in [0.15, 0.2) is 5.78 Å². The fourth-order valence-corrected chi connectivity index (χ4v) is 2.69. The summed E-state index contributed by atoms with van der Waals surface area (Å²) in [5.74, 6) is 0.711. The van der Waals surface area contributed by atoms with Crippen LogP contribution in [0.3, 0.4) is 0 Å². The summed E-state index contributed by atoms with van der Waals surface area (Å²) in [7, 11) is 1.60. The number of benzene rings is 2. The molecule has 0 heterocycles. The Morgan fingerprint density at radius 3 is 2.42 bits per heavy atom. The third-order valence-electron chi connectivity index (χ3n) is 2.87. The summed E-state index contributed by atoms with van der Waals surface area (Å²) in [6, 6.07) is 11.0. The van der Waals surface area contributed by atoms with Gasteiger partial charge in [-0.2, -0.15) is 0 Å². The molecule has 0 N–H and O–H groups in total. The lowest BCUT2D eigenvalue weighted by Gasteiger charge is -2.09. The van der Waals surface area contributed by atoms with Crippen LogP contribution in [0.4, 0.5) is 0 Å². The van der Waals surface area contributed by atoms with Gasteiger partial charge < -0.3 is 4.74 Å². The van der Waals surface area contributed by atoms with E-state index in [2.05, 4.69) is 31.9 Å². The zero-order valence-corrected chi connectivity index (χ0v) is 13.7. The van der Waals surface area contributed by atoms with E-state index in [0.717, 1.165) is 20.3 Å². The van der Waals surface area contributed by atoms with Gasteiger partial charge in [0.05, 0.1) is 7.11 Å². The SMILES string of the molecule is COc1ccc(C(=O)c2cc(Br)ccc2C)c(Br)c1. The molecule has 2 aromatic carbocycles. The van der Waals surface area contributed by atoms with Crippen molar-refractivity contribution in [1.82, 2.24) is 0 Å². The molecule has 0 aliphatic heterocycles. The first-order valence-corrected chi connectivity index (χ1v) is 7.26. The third-order valence-corrected chi connectivity index (χ3v) is 4.01. The van der Waals surface area contributed by atoms with Gasteiger partial charge in [-0.05, 0) is 58.7 Å². The Kier molecular flexibility index (Phi) is 4.42. The molecule has 2 aromatic rings. The van der Waals surface area contributed by atoms with Crippen molar-refractivity contribution >= 4 is 37.6 Å². The number of rotatable bonds is 3. The zero-order chi connectivity index (χ0) is 14.0. The molecule has 0 radical (unpaired) electrons. The summed E-state index contributed by atoms with van der Waals surface area (Å²) in [5.41, 5.74) is 2.28. The molecule has 0 atom stereocenters. The average Bonchev–Trinajstić information content (AvgIpc) is 2.40. The maximum atomic E-state index is 12.5. The second-order valence-electron chi connectivity index (χ2n) is 4.13. The van der Waals surface area contributed by atoms with Gasteiger partial charge in [-0.1, -0.05) is 22.0 Å². The van der Waals surface area contributed by atoms with E-state index in [4.69, 9.17) is 4.74 Å². The van der Waals surface area contributed by atoms with Crippen molar-refractivity contribution < 1.29 is 9.53 Å². The van der Waals surface area contributed by atoms with Crippen LogP contribution >= 0.6 is 31.9 Å². The van der Waals surface area contributed by atoms with Gasteiger partial charge in [0.2, 0.25) is 0 Å². The maximum Gasteiger partial charge on any atom is 0.194 e. The molecule has 0 spiro atoms. The molecule has 19 heavy (non-hydrogen) atoms. The topological polar surface area (TPSA) is 26.3 Å². The molecule has 0 aliphatic rings. The number of aryl methyl sites for hydroxylation is 1. The molecule has 98 valence electrons. The summed E-state index contributed by atoms with van der Waals surface area (Å²) < 4.78 is 6.76. The van der Waals surface area contributed by atoms with Crippen molar-refractivity contribution in [3.8, 4) is 5.75 Å². The number of methoxy groups -OCH3 is 1. The molecular formula is C15H12Br2O2. The summed E-state index contributed by atoms with van der Waals surface area (Å²) >= 11 is 6.81. The molecule has 0 fully saturated rings. The predicted octanol–water partition coefficient (Wildman–Crippen LogP) is 4.76. The van der Waals surface area contributed by atoms with Gasteiger partial charge in [0, 0.05) is 20.1 Å². The number of halogens is 2. The second kappa shape index (κ2) is 5.88. The molecule has 0 saturated heterocycles. The fraction of sp³-hybridized carbons (Fsp3) is 0.133. The molecule has 0 aromatic heterocycles. The quantitative estimate of drug-likeness (QED) is 0.714. The summed E-state index contributed by atoms with van der Waals surface area (Å²) in [6.45, 7) is 1.93. The van der Waals surface area contributed by atoms with Crippen LogP contribution in [0.5, 0.6) is 5.75 Å². The average molecular weight is 384 g/mol. The summed E-state index contributed by atoms with van der Waals surface area (Å²) in [6.07, 6.45) is 0. The summed E-state index contributed by atoms with van der Waals surface area (Å²) in [4.78, 5) is 12.5. The third kappa shape index (κ3) is 3.07. The highest BCUT2D eigenvalue weighted by atomic mass is 79.9. The number of carbonyl (C=O) groups excluding carboxylic acids is 1. The standard InChI is InChI=1S/C15H12Br2O2/c1-9-3-4-10(16)7-13(9)15(18)12-6-5-11(19-2)8-14(12)17/h3-8H,1-2H3. The smallest absolute Gasteiger partial charge is 0.194 e. The first kappa shape index (κ1) is 14.3. The molecule has 2 rings (SSSR count). The highest BCUT2D eigenvalue weighted by Gasteiger charge is 2.15. The number of hydrogen-bond acceptors (Lipinski definition) is 2. The molecule has 0 saturated carbocycles. The van der Waals surface area contributed by atoms with Gasteiger partial charge in [-0.15, -0.1) is 0 Å². The highest BCUT2D eigenvalue weighted by molar-refractivity contribution is 9.10. The number of ether oxygens (including phenoxy) is 1. The van der Waals surface area contributed by atoms with Crippen LogP contribution in [0.25, 0.3) is 0 Å². The Hall–Kier alpha value is -1.13. The van der Waals surface area contributed by atoms with Crippen molar-refractivity contribution in [2.24, 2.45) is 0 Å². The molecule has 0 aliphatic carbocycles. The highest BCUT2D eigenvalue weighted by Crippen LogP contribution is 2.27. The van der Waals surface area contributed by atoms with Gasteiger partial charge >= 0.3 is 0 Å². The van der Waals surface area contributed by atoms with Crippen molar-refractivity contribution in [2.45, 2.75) is 6.92 Å². The number of hydrogen-bond donors (Lipinski definition) is 0. The van der Waals surface area contributed by atoms with E-state index in [1.54, 1.807) is 25.3 Å². The Balaban J connectivity index is 2.47. The minimum absolute atomic E-state index is 0.00618. The molecular weight excluding hydrogens is 372 g/mol. The van der Waals surface area contributed by atoms with E-state index >= 15 is 0 Å². The van der Waals surface area contributed by atoms with Crippen molar-refractivity contribution in [2.75, 3.05) is 7.11 Å². The Bertz CT molecular complexity index is 636. The van der Waals surface area contributed by atoms with Crippen LogP contribution in [-0.4, -0.2) is 12.9 Å². The maximum absolute atomic E-state index is 12.5. The van der Waals surface area contributed by atoms with E-state index in [-0.39, 0.29) is 5.78 Å². The van der Waals surface area contributed by atoms with E-state index in [0.29, 0.717) is 11.1 Å². The monoisotopic (exact) mass is 382 g/mol. The van der Waals surface area contributed by atoms with Gasteiger partial charge in [-0.3, -0.25) is 4.79 Å². The Morgan fingerprint density at radius 2 is 1.79 bits per heavy atom. The zero-order valence-electron chi connectivity index (χ0n) is 10.5. The lowest BCUT2D eigenvalue weighted by Crippen LogP contribution is -2.05. The van der Waals surface area contributed by atoms with Crippen LogP contribution in [0.1, 0.15) is 21.5 Å². The van der Waals surface area contributed by atoms with E-state index in [9.17, 15) is 4.79 Å². The van der Waals surface area contributed by atoms with Crippen LogP contribution in [0.15, 0.2) is 45.3 Å². The van der Waals surface area contributed by atoms with Crippen LogP contribution < -0.4 is 4.74 Å². The fourth-order valence-electron chi connectivity index (χ4n) is 1.79. The van der Waals surface area contributed by atoms with E-state index < -0.39 is 0 Å². The normalized spacial score (nSPS) is 10.3. The Labute approximate surface area is 129 Å². The minimum atomic E-state index is -0.00618. The van der Waals surface area contributed by atoms with Crippen LogP contribution in [0.2, 0.25) is 0 Å². The second-order valence-corrected chi connectivity index (χ2v) is 5.90. The minimum Gasteiger partial charge on any atom is -0.497 e. The van der Waals surface area contributed by atoms with E-state index in [1.807, 2.05) is 25.1 Å². The molecule has 0 bridgehead atoms. The van der Waals surface area contributed by atoms with Crippen LogP contribution in [0, 0.1) is 6.92 Å². The van der Waals surface area contributed by atoms with Crippen molar-refractivity contribution in [1.29, 1.82) is 0 Å². The Morgan fingerprint density at radius 1 is 1.05 bits per heavy atom. The molecule has 0 unspecified atom stereocenters. The van der Waals surface area contributed by atoms with Gasteiger partial charge in [0.25, 0.3) is 0 Å². The lowest BCUT2D eigenvalue weighted by atomic mass is 9.99. The van der Waals surface area contributed by atoms with Crippen molar-refractivity contribution in [3.05, 3.63) is 62.0 Å². The van der Waals surface area contributed by atoms with Crippen molar-refractivity contribution in [3.63, 3.8) is 0 Å².